The van der Waals surface area contributed by atoms with E-state index < -0.39 is 0 Å². The molecule has 0 amide bonds. The number of nitro groups is 1. The summed E-state index contributed by atoms with van der Waals surface area (Å²) in [4.78, 5) is 10.4. The van der Waals surface area contributed by atoms with Gasteiger partial charge in [-0.25, -0.2) is 0 Å². The lowest BCUT2D eigenvalue weighted by atomic mass is 9.99. The zero-order valence-electron chi connectivity index (χ0n) is 8.43. The van der Waals surface area contributed by atoms with E-state index in [1.54, 1.807) is 13.8 Å². The van der Waals surface area contributed by atoms with Gasteiger partial charge < -0.3 is 0 Å². The highest BCUT2D eigenvalue weighted by molar-refractivity contribution is 6.17. The van der Waals surface area contributed by atoms with Gasteiger partial charge in [-0.2, -0.15) is 0 Å². The van der Waals surface area contributed by atoms with E-state index >= 15 is 0 Å². The first-order chi connectivity index (χ1) is 6.49. The first-order valence-electron chi connectivity index (χ1n) is 4.29. The van der Waals surface area contributed by atoms with Gasteiger partial charge in [-0.05, 0) is 38.0 Å². The van der Waals surface area contributed by atoms with Crippen LogP contribution in [0.15, 0.2) is 6.07 Å². The van der Waals surface area contributed by atoms with Crippen molar-refractivity contribution < 1.29 is 4.92 Å². The molecule has 0 aliphatic heterocycles. The van der Waals surface area contributed by atoms with Crippen molar-refractivity contribution in [2.75, 3.05) is 0 Å². The van der Waals surface area contributed by atoms with E-state index in [4.69, 9.17) is 11.6 Å². The third-order valence-corrected chi connectivity index (χ3v) is 2.67. The Balaban J connectivity index is 3.52. The summed E-state index contributed by atoms with van der Waals surface area (Å²) in [5, 5.41) is 10.8. The van der Waals surface area contributed by atoms with Crippen LogP contribution in [0.1, 0.15) is 22.3 Å². The number of halogens is 1. The number of alkyl halides is 1. The van der Waals surface area contributed by atoms with Crippen molar-refractivity contribution >= 4 is 17.3 Å². The molecule has 0 unspecified atom stereocenters. The molecule has 4 heteroatoms. The van der Waals surface area contributed by atoms with E-state index in [0.717, 1.165) is 11.1 Å². The normalized spacial score (nSPS) is 10.3. The van der Waals surface area contributed by atoms with E-state index in [1.807, 2.05) is 13.0 Å². The summed E-state index contributed by atoms with van der Waals surface area (Å²) >= 11 is 5.74. The van der Waals surface area contributed by atoms with Gasteiger partial charge in [0.05, 0.1) is 4.92 Å². The zero-order valence-corrected chi connectivity index (χ0v) is 9.18. The smallest absolute Gasteiger partial charge is 0.258 e. The van der Waals surface area contributed by atoms with Gasteiger partial charge in [-0.15, -0.1) is 11.6 Å². The Morgan fingerprint density at radius 1 is 1.36 bits per heavy atom. The Kier molecular flexibility index (Phi) is 3.11. The molecule has 3 nitrogen and oxygen atoms in total. The van der Waals surface area contributed by atoms with E-state index in [-0.39, 0.29) is 10.6 Å². The highest BCUT2D eigenvalue weighted by atomic mass is 35.5. The van der Waals surface area contributed by atoms with Crippen LogP contribution in [-0.4, -0.2) is 4.92 Å². The maximum Gasteiger partial charge on any atom is 0.275 e. The molecule has 0 aliphatic carbocycles. The van der Waals surface area contributed by atoms with Crippen LogP contribution in [0.25, 0.3) is 0 Å². The monoisotopic (exact) mass is 213 g/mol. The van der Waals surface area contributed by atoms with Crippen LogP contribution >= 0.6 is 11.6 Å². The number of hydrogen-bond donors (Lipinski definition) is 0. The summed E-state index contributed by atoms with van der Waals surface area (Å²) < 4.78 is 0. The highest BCUT2D eigenvalue weighted by Crippen LogP contribution is 2.29. The van der Waals surface area contributed by atoms with Gasteiger partial charge in [0.15, 0.2) is 0 Å². The number of aryl methyl sites for hydroxylation is 2. The SMILES string of the molecule is Cc1cc(C)c([N+](=O)[O-])c(C)c1CCl. The third kappa shape index (κ3) is 1.73. The molecule has 76 valence electrons. The second-order valence-electron chi connectivity index (χ2n) is 3.35. The quantitative estimate of drug-likeness (QED) is 0.430. The zero-order chi connectivity index (χ0) is 10.9. The first kappa shape index (κ1) is 11.0. The molecular weight excluding hydrogens is 202 g/mol. The summed E-state index contributed by atoms with van der Waals surface area (Å²) in [6.07, 6.45) is 0. The molecule has 14 heavy (non-hydrogen) atoms. The number of rotatable bonds is 2. The van der Waals surface area contributed by atoms with E-state index in [9.17, 15) is 10.1 Å². The summed E-state index contributed by atoms with van der Waals surface area (Å²) in [6.45, 7) is 5.41. The Morgan fingerprint density at radius 2 is 1.93 bits per heavy atom. The molecule has 1 aromatic carbocycles. The minimum Gasteiger partial charge on any atom is -0.258 e. The number of nitrogens with zero attached hydrogens (tertiary/aromatic N) is 1. The number of hydrogen-bond acceptors (Lipinski definition) is 2. The average molecular weight is 214 g/mol. The Labute approximate surface area is 87.8 Å². The van der Waals surface area contributed by atoms with Gasteiger partial charge >= 0.3 is 0 Å². The summed E-state index contributed by atoms with van der Waals surface area (Å²) in [5.41, 5.74) is 3.44. The highest BCUT2D eigenvalue weighted by Gasteiger charge is 2.18. The average Bonchev–Trinajstić information content (AvgIpc) is 2.02. The fraction of sp³-hybridized carbons (Fsp3) is 0.400. The lowest BCUT2D eigenvalue weighted by Crippen LogP contribution is -2.00. The minimum atomic E-state index is -0.347. The molecule has 0 aromatic heterocycles. The van der Waals surface area contributed by atoms with Crippen LogP contribution in [-0.2, 0) is 5.88 Å². The molecule has 0 saturated carbocycles. The van der Waals surface area contributed by atoms with Gasteiger partial charge in [0.25, 0.3) is 5.69 Å². The molecular formula is C10H12ClNO2. The van der Waals surface area contributed by atoms with Gasteiger partial charge in [-0.1, -0.05) is 0 Å². The second kappa shape index (κ2) is 3.96. The predicted octanol–water partition coefficient (Wildman–Crippen LogP) is 3.26. The van der Waals surface area contributed by atoms with Crippen molar-refractivity contribution in [1.29, 1.82) is 0 Å². The maximum absolute atomic E-state index is 10.8. The lowest BCUT2D eigenvalue weighted by Gasteiger charge is -2.09. The van der Waals surface area contributed by atoms with Crippen molar-refractivity contribution in [1.82, 2.24) is 0 Å². The Hall–Kier alpha value is -1.09. The fourth-order valence-corrected chi connectivity index (χ4v) is 2.11. The second-order valence-corrected chi connectivity index (χ2v) is 3.62. The van der Waals surface area contributed by atoms with Crippen molar-refractivity contribution in [2.24, 2.45) is 0 Å². The fourth-order valence-electron chi connectivity index (χ4n) is 1.70. The number of nitro benzene ring substituents is 1. The van der Waals surface area contributed by atoms with Crippen LogP contribution < -0.4 is 0 Å². The first-order valence-corrected chi connectivity index (χ1v) is 4.82. The minimum absolute atomic E-state index is 0.186. The van der Waals surface area contributed by atoms with Gasteiger partial charge in [0.1, 0.15) is 0 Å². The molecule has 0 atom stereocenters. The molecule has 0 spiro atoms. The van der Waals surface area contributed by atoms with Crippen LogP contribution in [0.3, 0.4) is 0 Å². The van der Waals surface area contributed by atoms with Crippen molar-refractivity contribution in [2.45, 2.75) is 26.7 Å². The molecule has 0 bridgehead atoms. The molecule has 0 radical (unpaired) electrons. The standard InChI is InChI=1S/C10H12ClNO2/c1-6-4-7(2)10(12(13)14)8(3)9(6)5-11/h4H,5H2,1-3H3. The van der Waals surface area contributed by atoms with E-state index in [1.165, 1.54) is 0 Å². The van der Waals surface area contributed by atoms with Crippen molar-refractivity contribution in [3.05, 3.63) is 38.4 Å². The van der Waals surface area contributed by atoms with Crippen molar-refractivity contribution in [3.63, 3.8) is 0 Å². The molecule has 0 fully saturated rings. The van der Waals surface area contributed by atoms with Crippen LogP contribution in [0.5, 0.6) is 0 Å². The Morgan fingerprint density at radius 3 is 2.36 bits per heavy atom. The molecule has 0 saturated heterocycles. The van der Waals surface area contributed by atoms with Gasteiger partial charge in [0, 0.05) is 17.0 Å². The number of benzene rings is 1. The summed E-state index contributed by atoms with van der Waals surface area (Å²) in [7, 11) is 0. The molecule has 0 aliphatic rings. The van der Waals surface area contributed by atoms with Crippen molar-refractivity contribution in [3.8, 4) is 0 Å². The molecule has 0 heterocycles. The van der Waals surface area contributed by atoms with Gasteiger partial charge in [0.2, 0.25) is 0 Å². The van der Waals surface area contributed by atoms with Gasteiger partial charge in [-0.3, -0.25) is 10.1 Å². The predicted molar refractivity (Wildman–Crippen MR) is 56.9 cm³/mol. The summed E-state index contributed by atoms with van der Waals surface area (Å²) in [5.74, 6) is 0.318. The molecule has 0 N–H and O–H groups in total. The van der Waals surface area contributed by atoms with Crippen LogP contribution in [0, 0.1) is 30.9 Å². The largest absolute Gasteiger partial charge is 0.275 e. The van der Waals surface area contributed by atoms with E-state index in [2.05, 4.69) is 0 Å². The lowest BCUT2D eigenvalue weighted by molar-refractivity contribution is -0.386. The topological polar surface area (TPSA) is 43.1 Å². The van der Waals surface area contributed by atoms with E-state index in [0.29, 0.717) is 17.0 Å². The summed E-state index contributed by atoms with van der Waals surface area (Å²) in [6, 6.07) is 1.81. The molecule has 1 aromatic rings. The van der Waals surface area contributed by atoms with Crippen LogP contribution in [0.2, 0.25) is 0 Å². The Bertz CT molecular complexity index is 388. The maximum atomic E-state index is 10.8. The van der Waals surface area contributed by atoms with Crippen LogP contribution in [0.4, 0.5) is 5.69 Å². The third-order valence-electron chi connectivity index (χ3n) is 2.41. The molecule has 1 rings (SSSR count).